The van der Waals surface area contributed by atoms with Gasteiger partial charge in [0.2, 0.25) is 0 Å². The monoisotopic (exact) mass is 733 g/mol. The Kier molecular flexibility index (Phi) is 12.6. The summed E-state index contributed by atoms with van der Waals surface area (Å²) in [5.41, 5.74) is 3.20. The number of amides is 1. The van der Waals surface area contributed by atoms with E-state index in [1.54, 1.807) is 36.0 Å². The number of hydrogen-bond donors (Lipinski definition) is 2. The minimum absolute atomic E-state index is 0.136. The van der Waals surface area contributed by atoms with E-state index in [-0.39, 0.29) is 22.2 Å². The number of sulfonamides is 1. The van der Waals surface area contributed by atoms with E-state index < -0.39 is 26.5 Å². The number of nitro benzene ring substituents is 1. The fraction of sp³-hybridized carbons (Fsp3) is 0.270. The molecule has 0 saturated carbocycles. The zero-order chi connectivity index (χ0) is 35.7. The lowest BCUT2D eigenvalue weighted by atomic mass is 10.00. The van der Waals surface area contributed by atoms with Gasteiger partial charge in [-0.25, -0.2) is 13.1 Å². The Bertz CT molecular complexity index is 1930. The second kappa shape index (κ2) is 17.0. The molecule has 50 heavy (non-hydrogen) atoms. The van der Waals surface area contributed by atoms with E-state index in [0.29, 0.717) is 12.2 Å². The minimum atomic E-state index is -4.41. The largest absolute Gasteiger partial charge is 0.376 e. The van der Waals surface area contributed by atoms with Gasteiger partial charge < -0.3 is 15.1 Å². The number of carbonyl (C=O) groups is 1. The fourth-order valence-corrected chi connectivity index (χ4v) is 7.75. The lowest BCUT2D eigenvalue weighted by molar-refractivity contribution is -0.384. The van der Waals surface area contributed by atoms with Gasteiger partial charge in [-0.05, 0) is 100 Å². The molecule has 1 atom stereocenters. The van der Waals surface area contributed by atoms with E-state index in [1.807, 2.05) is 73.6 Å². The fourth-order valence-electron chi connectivity index (χ4n) is 5.57. The number of nitro groups is 1. The molecule has 1 saturated heterocycles. The molecule has 0 bridgehead atoms. The van der Waals surface area contributed by atoms with Crippen molar-refractivity contribution in [1.29, 1.82) is 0 Å². The molecule has 0 spiro atoms. The number of nitrogens with zero attached hydrogens (tertiary/aromatic N) is 3. The van der Waals surface area contributed by atoms with Crippen LogP contribution in [0.5, 0.6) is 0 Å². The molecule has 1 fully saturated rings. The Hall–Kier alpha value is -4.36. The molecule has 0 unspecified atom stereocenters. The maximum absolute atomic E-state index is 13.3. The van der Waals surface area contributed by atoms with E-state index >= 15 is 0 Å². The molecule has 5 rings (SSSR count). The van der Waals surface area contributed by atoms with Gasteiger partial charge in [0.25, 0.3) is 21.6 Å². The van der Waals surface area contributed by atoms with Crippen LogP contribution in [0.25, 0.3) is 6.08 Å². The van der Waals surface area contributed by atoms with Gasteiger partial charge in [0.15, 0.2) is 0 Å². The number of nitrogens with one attached hydrogen (secondary N) is 2. The Morgan fingerprint density at radius 3 is 2.34 bits per heavy atom. The second-order valence-corrected chi connectivity index (χ2v) is 15.5. The predicted octanol–water partition coefficient (Wildman–Crippen LogP) is 7.58. The zero-order valence-corrected chi connectivity index (χ0v) is 30.3. The first-order chi connectivity index (χ1) is 24.0. The molecular weight excluding hydrogens is 694 g/mol. The standard InChI is InChI=1S/C37H40ClN5O5S2/c1-41(2)21-20-30(26-49-32-9-4-3-5-10-32)39-35-17-16-33(25-36(35)43(45)46)50(47,48)40-37(44)28-12-14-31(15-13-28)42-22-18-27(19-23-42)24-29-8-6-7-11-34(29)38/h3-17,24-25,30,39H,18-23,26H2,1-2H3,(H,40,44)/t30-/m1/s1. The summed E-state index contributed by atoms with van der Waals surface area (Å²) in [4.78, 5) is 29.5. The number of halogens is 1. The Morgan fingerprint density at radius 2 is 1.68 bits per heavy atom. The van der Waals surface area contributed by atoms with Gasteiger partial charge in [0.1, 0.15) is 5.69 Å². The van der Waals surface area contributed by atoms with E-state index in [2.05, 4.69) is 21.0 Å². The summed E-state index contributed by atoms with van der Waals surface area (Å²) in [6.07, 6.45) is 4.59. The molecule has 1 aliphatic heterocycles. The van der Waals surface area contributed by atoms with Crippen LogP contribution in [-0.4, -0.2) is 69.7 Å². The highest BCUT2D eigenvalue weighted by atomic mass is 35.5. The average Bonchev–Trinajstić information content (AvgIpc) is 3.11. The minimum Gasteiger partial charge on any atom is -0.376 e. The Morgan fingerprint density at radius 1 is 1.00 bits per heavy atom. The molecule has 262 valence electrons. The van der Waals surface area contributed by atoms with Gasteiger partial charge in [-0.2, -0.15) is 0 Å². The van der Waals surface area contributed by atoms with Gasteiger partial charge in [0, 0.05) is 52.1 Å². The van der Waals surface area contributed by atoms with E-state index in [9.17, 15) is 23.3 Å². The van der Waals surface area contributed by atoms with Crippen molar-refractivity contribution >= 4 is 62.4 Å². The van der Waals surface area contributed by atoms with Crippen molar-refractivity contribution in [2.24, 2.45) is 0 Å². The maximum Gasteiger partial charge on any atom is 0.293 e. The molecule has 1 aliphatic rings. The van der Waals surface area contributed by atoms with Crippen LogP contribution >= 0.6 is 23.4 Å². The highest BCUT2D eigenvalue weighted by Gasteiger charge is 2.25. The van der Waals surface area contributed by atoms with Crippen LogP contribution in [0.3, 0.4) is 0 Å². The molecule has 4 aromatic rings. The highest BCUT2D eigenvalue weighted by Crippen LogP contribution is 2.31. The van der Waals surface area contributed by atoms with Crippen molar-refractivity contribution in [3.8, 4) is 0 Å². The SMILES string of the molecule is CN(C)CC[C@H](CSc1ccccc1)Nc1ccc(S(=O)(=O)NC(=O)c2ccc(N3CCC(=Cc4ccccc4Cl)CC3)cc2)cc1[N+](=O)[O-]. The van der Waals surface area contributed by atoms with Gasteiger partial charge in [-0.1, -0.05) is 59.6 Å². The smallest absolute Gasteiger partial charge is 0.293 e. The summed E-state index contributed by atoms with van der Waals surface area (Å²) in [6.45, 7) is 2.34. The van der Waals surface area contributed by atoms with E-state index in [4.69, 9.17) is 11.6 Å². The van der Waals surface area contributed by atoms with Crippen LogP contribution in [-0.2, 0) is 10.0 Å². The first kappa shape index (κ1) is 36.9. The van der Waals surface area contributed by atoms with Crippen molar-refractivity contribution < 1.29 is 18.1 Å². The number of anilines is 2. The van der Waals surface area contributed by atoms with Crippen LogP contribution < -0.4 is 14.9 Å². The van der Waals surface area contributed by atoms with Crippen LogP contribution in [0.4, 0.5) is 17.1 Å². The number of rotatable bonds is 14. The van der Waals surface area contributed by atoms with Crippen molar-refractivity contribution in [2.45, 2.75) is 35.1 Å². The van der Waals surface area contributed by atoms with E-state index in [1.165, 1.54) is 17.7 Å². The highest BCUT2D eigenvalue weighted by molar-refractivity contribution is 7.99. The number of thioether (sulfide) groups is 1. The van der Waals surface area contributed by atoms with Gasteiger partial charge in [0.05, 0.1) is 9.82 Å². The zero-order valence-electron chi connectivity index (χ0n) is 27.9. The number of hydrogen-bond acceptors (Lipinski definition) is 9. The average molecular weight is 734 g/mol. The summed E-state index contributed by atoms with van der Waals surface area (Å²) in [5, 5.41) is 16.1. The molecule has 0 aliphatic carbocycles. The Balaban J connectivity index is 1.23. The summed E-state index contributed by atoms with van der Waals surface area (Å²) >= 11 is 7.94. The first-order valence-electron chi connectivity index (χ1n) is 16.2. The molecule has 0 radical (unpaired) electrons. The molecule has 4 aromatic carbocycles. The number of carbonyl (C=O) groups excluding carboxylic acids is 1. The van der Waals surface area contributed by atoms with Crippen LogP contribution in [0, 0.1) is 10.1 Å². The molecule has 10 nitrogen and oxygen atoms in total. The summed E-state index contributed by atoms with van der Waals surface area (Å²) < 4.78 is 28.6. The second-order valence-electron chi connectivity index (χ2n) is 12.3. The molecule has 2 N–H and O–H groups in total. The van der Waals surface area contributed by atoms with Crippen molar-refractivity contribution in [3.63, 3.8) is 0 Å². The third-order valence-corrected chi connectivity index (χ3v) is 11.2. The lowest BCUT2D eigenvalue weighted by Gasteiger charge is -2.30. The number of piperidine rings is 1. The molecule has 13 heteroatoms. The van der Waals surface area contributed by atoms with Crippen LogP contribution in [0.15, 0.2) is 112 Å². The summed E-state index contributed by atoms with van der Waals surface area (Å²) in [7, 11) is -0.498. The lowest BCUT2D eigenvalue weighted by Crippen LogP contribution is -2.31. The van der Waals surface area contributed by atoms with Crippen LogP contribution in [0.1, 0.15) is 35.2 Å². The summed E-state index contributed by atoms with van der Waals surface area (Å²) in [6, 6.07) is 27.8. The molecule has 0 aromatic heterocycles. The third kappa shape index (κ3) is 10.1. The van der Waals surface area contributed by atoms with Crippen molar-refractivity contribution in [1.82, 2.24) is 9.62 Å². The van der Waals surface area contributed by atoms with Gasteiger partial charge in [-0.15, -0.1) is 11.8 Å². The van der Waals surface area contributed by atoms with Gasteiger partial charge in [-0.3, -0.25) is 14.9 Å². The van der Waals surface area contributed by atoms with Crippen molar-refractivity contribution in [3.05, 3.63) is 129 Å². The molecule has 1 amide bonds. The first-order valence-corrected chi connectivity index (χ1v) is 19.1. The molecule has 1 heterocycles. The topological polar surface area (TPSA) is 125 Å². The molecular formula is C37H40ClN5O5S2. The Labute approximate surface area is 302 Å². The predicted molar refractivity (Wildman–Crippen MR) is 203 cm³/mol. The van der Waals surface area contributed by atoms with Gasteiger partial charge >= 0.3 is 0 Å². The maximum atomic E-state index is 13.3. The normalized spacial score (nSPS) is 13.9. The number of benzene rings is 4. The quantitative estimate of drug-likeness (QED) is 0.0767. The van der Waals surface area contributed by atoms with E-state index in [0.717, 1.165) is 59.7 Å². The third-order valence-electron chi connectivity index (χ3n) is 8.35. The van der Waals surface area contributed by atoms with Crippen LogP contribution in [0.2, 0.25) is 5.02 Å². The van der Waals surface area contributed by atoms with Crippen molar-refractivity contribution in [2.75, 3.05) is 49.7 Å². The summed E-state index contributed by atoms with van der Waals surface area (Å²) in [5.74, 6) is -0.185.